The number of nitrogens with one attached hydrogen (secondary N) is 1. The third-order valence-corrected chi connectivity index (χ3v) is 7.49. The van der Waals surface area contributed by atoms with Crippen molar-refractivity contribution < 1.29 is 9.18 Å². The van der Waals surface area contributed by atoms with Gasteiger partial charge in [0.05, 0.1) is 10.9 Å². The molecular weight excluding hydrogens is 479 g/mol. The van der Waals surface area contributed by atoms with Crippen LogP contribution in [0.2, 0.25) is 5.02 Å². The van der Waals surface area contributed by atoms with Gasteiger partial charge in [0.2, 0.25) is 5.91 Å². The molecule has 3 aromatic rings. The molecule has 0 bridgehead atoms. The predicted molar refractivity (Wildman–Crippen MR) is 141 cm³/mol. The number of aromatic nitrogens is 2. The number of amides is 1. The van der Waals surface area contributed by atoms with Crippen LogP contribution in [0.3, 0.4) is 0 Å². The van der Waals surface area contributed by atoms with E-state index in [1.807, 2.05) is 32.0 Å². The molecule has 2 heterocycles. The van der Waals surface area contributed by atoms with E-state index < -0.39 is 6.17 Å². The molecule has 1 saturated heterocycles. The van der Waals surface area contributed by atoms with Crippen LogP contribution in [0.4, 0.5) is 4.39 Å². The number of benzene rings is 2. The van der Waals surface area contributed by atoms with Crippen LogP contribution >= 0.6 is 11.6 Å². The van der Waals surface area contributed by atoms with Gasteiger partial charge in [-0.2, -0.15) is 0 Å². The molecule has 36 heavy (non-hydrogen) atoms. The number of likely N-dealkylation sites (tertiary alicyclic amines) is 1. The number of hydrogen-bond acceptors (Lipinski definition) is 4. The van der Waals surface area contributed by atoms with Gasteiger partial charge in [-0.3, -0.25) is 14.2 Å². The Morgan fingerprint density at radius 2 is 2.03 bits per heavy atom. The van der Waals surface area contributed by atoms with Crippen LogP contribution in [0, 0.1) is 5.92 Å². The van der Waals surface area contributed by atoms with Crippen molar-refractivity contribution >= 4 is 28.4 Å². The average molecular weight is 511 g/mol. The second-order valence-electron chi connectivity index (χ2n) is 10.5. The summed E-state index contributed by atoms with van der Waals surface area (Å²) in [4.78, 5) is 33.4. The second-order valence-corrected chi connectivity index (χ2v) is 11.0. The molecule has 1 aromatic heterocycles. The lowest BCUT2D eigenvalue weighted by Crippen LogP contribution is -2.37. The topological polar surface area (TPSA) is 67.2 Å². The van der Waals surface area contributed by atoms with Gasteiger partial charge in [-0.15, -0.1) is 0 Å². The second kappa shape index (κ2) is 10.3. The van der Waals surface area contributed by atoms with Crippen molar-refractivity contribution in [2.75, 3.05) is 19.6 Å². The summed E-state index contributed by atoms with van der Waals surface area (Å²) in [6.07, 6.45) is 2.04. The monoisotopic (exact) mass is 510 g/mol. The number of nitrogens with zero attached hydrogens (tertiary/aromatic N) is 3. The van der Waals surface area contributed by atoms with Crippen LogP contribution in [-0.4, -0.2) is 52.2 Å². The van der Waals surface area contributed by atoms with Crippen LogP contribution in [0.25, 0.3) is 22.3 Å². The Morgan fingerprint density at radius 1 is 1.22 bits per heavy atom. The maximum absolute atomic E-state index is 13.7. The quantitative estimate of drug-likeness (QED) is 0.497. The Kier molecular flexibility index (Phi) is 7.13. The highest BCUT2D eigenvalue weighted by Crippen LogP contribution is 2.42. The summed E-state index contributed by atoms with van der Waals surface area (Å²) in [7, 11) is 0. The molecular formula is C28H32ClFN4O2. The fourth-order valence-electron chi connectivity index (χ4n) is 5.47. The lowest BCUT2D eigenvalue weighted by Gasteiger charge is -2.38. The van der Waals surface area contributed by atoms with Crippen molar-refractivity contribution in [2.45, 2.75) is 57.8 Å². The minimum Gasteiger partial charge on any atom is -0.352 e. The minimum absolute atomic E-state index is 0.0363. The van der Waals surface area contributed by atoms with Crippen LogP contribution in [0.1, 0.15) is 44.6 Å². The molecule has 1 aliphatic carbocycles. The Balaban J connectivity index is 1.44. The molecule has 2 fully saturated rings. The molecule has 1 saturated carbocycles. The van der Waals surface area contributed by atoms with Crippen LogP contribution in [-0.2, 0) is 11.3 Å². The molecule has 8 heteroatoms. The summed E-state index contributed by atoms with van der Waals surface area (Å²) in [6.45, 7) is 6.00. The first kappa shape index (κ1) is 24.9. The number of carbonyl (C=O) groups excluding carboxylic acids is 1. The molecule has 2 aliphatic rings. The van der Waals surface area contributed by atoms with E-state index >= 15 is 0 Å². The van der Waals surface area contributed by atoms with Gasteiger partial charge in [0.1, 0.15) is 18.5 Å². The Bertz CT molecular complexity index is 1330. The first-order chi connectivity index (χ1) is 17.3. The van der Waals surface area contributed by atoms with Crippen LogP contribution in [0.5, 0.6) is 0 Å². The Morgan fingerprint density at radius 3 is 2.72 bits per heavy atom. The van der Waals surface area contributed by atoms with Gasteiger partial charge < -0.3 is 10.2 Å². The minimum atomic E-state index is -0.685. The SMILES string of the molecule is CC(C)NC(=O)Cn1c(-c2cccc(Cl)c2)nc2ccc([C@H]3C[C@H](CN4CC[C@@H](F)C4)C3)cc2c1=O. The van der Waals surface area contributed by atoms with E-state index in [2.05, 4.69) is 16.3 Å². The molecule has 0 unspecified atom stereocenters. The maximum Gasteiger partial charge on any atom is 0.262 e. The molecule has 1 amide bonds. The number of hydrogen-bond donors (Lipinski definition) is 1. The zero-order valence-electron chi connectivity index (χ0n) is 20.7. The van der Waals surface area contributed by atoms with Gasteiger partial charge in [0.15, 0.2) is 0 Å². The molecule has 1 aliphatic heterocycles. The van der Waals surface area contributed by atoms with E-state index in [1.54, 1.807) is 18.2 Å². The lowest BCUT2D eigenvalue weighted by molar-refractivity contribution is -0.122. The largest absolute Gasteiger partial charge is 0.352 e. The molecule has 1 atom stereocenters. The zero-order chi connectivity index (χ0) is 25.4. The molecule has 6 nitrogen and oxygen atoms in total. The highest BCUT2D eigenvalue weighted by atomic mass is 35.5. The molecule has 2 aromatic carbocycles. The van der Waals surface area contributed by atoms with E-state index in [4.69, 9.17) is 16.6 Å². The highest BCUT2D eigenvalue weighted by molar-refractivity contribution is 6.30. The fraction of sp³-hybridized carbons (Fsp3) is 0.464. The number of halogens is 2. The van der Waals surface area contributed by atoms with Gasteiger partial charge in [0.25, 0.3) is 5.56 Å². The number of fused-ring (bicyclic) bond motifs is 1. The van der Waals surface area contributed by atoms with Gasteiger partial charge in [0, 0.05) is 36.3 Å². The van der Waals surface area contributed by atoms with Gasteiger partial charge in [-0.25, -0.2) is 9.37 Å². The van der Waals surface area contributed by atoms with Crippen molar-refractivity contribution in [1.82, 2.24) is 19.8 Å². The standard InChI is InChI=1S/C28H32ClFN4O2/c1-17(2)31-26(35)16-34-27(20-4-3-5-22(29)12-20)32-25-7-6-19(13-24(25)28(34)36)21-10-18(11-21)14-33-9-8-23(30)15-33/h3-7,12-13,17-18,21,23H,8-11,14-16H2,1-2H3,(H,31,35)/t18-,21-,23-/m1/s1. The van der Waals surface area contributed by atoms with Crippen molar-refractivity contribution in [2.24, 2.45) is 5.92 Å². The van der Waals surface area contributed by atoms with Gasteiger partial charge in [-0.1, -0.05) is 29.8 Å². The number of rotatable bonds is 7. The summed E-state index contributed by atoms with van der Waals surface area (Å²) in [6, 6.07) is 13.0. The summed E-state index contributed by atoms with van der Waals surface area (Å²) < 4.78 is 14.9. The van der Waals surface area contributed by atoms with Crippen molar-refractivity contribution in [3.8, 4) is 11.4 Å². The lowest BCUT2D eigenvalue weighted by atomic mass is 9.71. The van der Waals surface area contributed by atoms with Crippen molar-refractivity contribution in [3.63, 3.8) is 0 Å². The van der Waals surface area contributed by atoms with E-state index in [0.717, 1.165) is 31.5 Å². The van der Waals surface area contributed by atoms with Crippen molar-refractivity contribution in [3.05, 3.63) is 63.4 Å². The first-order valence-electron chi connectivity index (χ1n) is 12.7. The zero-order valence-corrected chi connectivity index (χ0v) is 21.5. The summed E-state index contributed by atoms with van der Waals surface area (Å²) in [5, 5.41) is 3.91. The normalized spacial score (nSPS) is 22.2. The Hall–Kier alpha value is -2.77. The van der Waals surface area contributed by atoms with E-state index in [1.165, 1.54) is 4.57 Å². The number of alkyl halides is 1. The van der Waals surface area contributed by atoms with Crippen LogP contribution < -0.4 is 10.9 Å². The van der Waals surface area contributed by atoms with E-state index in [-0.39, 0.29) is 24.1 Å². The van der Waals surface area contributed by atoms with Crippen LogP contribution in [0.15, 0.2) is 47.3 Å². The predicted octanol–water partition coefficient (Wildman–Crippen LogP) is 4.78. The molecule has 0 spiro atoms. The Labute approximate surface area is 215 Å². The highest BCUT2D eigenvalue weighted by Gasteiger charge is 2.33. The maximum atomic E-state index is 13.7. The molecule has 190 valence electrons. The molecule has 1 N–H and O–H groups in total. The third kappa shape index (κ3) is 5.32. The third-order valence-electron chi connectivity index (χ3n) is 7.25. The summed E-state index contributed by atoms with van der Waals surface area (Å²) >= 11 is 6.21. The summed E-state index contributed by atoms with van der Waals surface area (Å²) in [5.74, 6) is 1.12. The average Bonchev–Trinajstić information content (AvgIpc) is 3.22. The summed E-state index contributed by atoms with van der Waals surface area (Å²) in [5.41, 5.74) is 2.16. The fourth-order valence-corrected chi connectivity index (χ4v) is 5.66. The van der Waals surface area contributed by atoms with Crippen molar-refractivity contribution in [1.29, 1.82) is 0 Å². The van der Waals surface area contributed by atoms with Gasteiger partial charge >= 0.3 is 0 Å². The van der Waals surface area contributed by atoms with E-state index in [0.29, 0.717) is 52.1 Å². The molecule has 5 rings (SSSR count). The molecule has 0 radical (unpaired) electrons. The smallest absolute Gasteiger partial charge is 0.262 e. The van der Waals surface area contributed by atoms with E-state index in [9.17, 15) is 14.0 Å². The van der Waals surface area contributed by atoms with Gasteiger partial charge in [-0.05, 0) is 74.8 Å². The first-order valence-corrected chi connectivity index (χ1v) is 13.1. The number of carbonyl (C=O) groups is 1.